The maximum Gasteiger partial charge on any atom is 0.341 e. The highest BCUT2D eigenvalue weighted by Crippen LogP contribution is 2.30. The van der Waals surface area contributed by atoms with Crippen LogP contribution >= 0.6 is 23.1 Å². The molecule has 0 radical (unpaired) electrons. The van der Waals surface area contributed by atoms with Gasteiger partial charge in [-0.3, -0.25) is 14.3 Å². The summed E-state index contributed by atoms with van der Waals surface area (Å²) in [4.78, 5) is 40.0. The monoisotopic (exact) mass is 482 g/mol. The highest BCUT2D eigenvalue weighted by atomic mass is 35.5. The van der Waals surface area contributed by atoms with Gasteiger partial charge in [0.1, 0.15) is 17.7 Å². The number of hydrogen-bond acceptors (Lipinski definition) is 8. The summed E-state index contributed by atoms with van der Waals surface area (Å²) in [5.74, 6) is -0.0374. The Labute approximate surface area is 197 Å². The molecule has 11 heteroatoms. The molecule has 1 saturated heterocycles. The van der Waals surface area contributed by atoms with E-state index in [0.717, 1.165) is 49.0 Å². The summed E-state index contributed by atoms with van der Waals surface area (Å²) in [5.41, 5.74) is 1.16. The van der Waals surface area contributed by atoms with Crippen molar-refractivity contribution in [3.63, 3.8) is 0 Å². The number of aromatic carboxylic acids is 1. The Morgan fingerprint density at radius 1 is 1.30 bits per heavy atom. The smallest absolute Gasteiger partial charge is 0.341 e. The van der Waals surface area contributed by atoms with Gasteiger partial charge in [-0.2, -0.15) is 4.37 Å². The van der Waals surface area contributed by atoms with Gasteiger partial charge in [0, 0.05) is 47.7 Å². The Bertz CT molecular complexity index is 1420. The Morgan fingerprint density at radius 3 is 2.82 bits per heavy atom. The molecule has 1 aliphatic heterocycles. The Hall–Kier alpha value is -3.37. The number of anilines is 1. The summed E-state index contributed by atoms with van der Waals surface area (Å²) in [7, 11) is 0. The van der Waals surface area contributed by atoms with Crippen LogP contribution in [-0.2, 0) is 6.42 Å². The predicted octanol–water partition coefficient (Wildman–Crippen LogP) is 3.36. The van der Waals surface area contributed by atoms with E-state index in [-0.39, 0.29) is 10.9 Å². The van der Waals surface area contributed by atoms with Gasteiger partial charge in [-0.1, -0.05) is 11.6 Å². The van der Waals surface area contributed by atoms with Gasteiger partial charge in [-0.25, -0.2) is 14.8 Å². The number of carboxylic acid groups (broad SMARTS) is 1. The minimum Gasteiger partial charge on any atom is -0.477 e. The van der Waals surface area contributed by atoms with Crippen molar-refractivity contribution in [2.45, 2.75) is 19.8 Å². The molecule has 4 aromatic heterocycles. The van der Waals surface area contributed by atoms with Crippen LogP contribution in [0.15, 0.2) is 41.7 Å². The summed E-state index contributed by atoms with van der Waals surface area (Å²) < 4.78 is 5.54. The molecule has 5 heterocycles. The molecular weight excluding hydrogens is 464 g/mol. The molecule has 0 aromatic carbocycles. The number of hydrogen-bond donors (Lipinski definition) is 1. The van der Waals surface area contributed by atoms with Crippen molar-refractivity contribution in [3.05, 3.63) is 69.0 Å². The number of carbonyl (C=O) groups is 1. The maximum absolute atomic E-state index is 12.9. The van der Waals surface area contributed by atoms with Crippen molar-refractivity contribution in [2.75, 3.05) is 18.0 Å². The maximum atomic E-state index is 12.9. The van der Waals surface area contributed by atoms with Crippen LogP contribution in [0.1, 0.15) is 28.0 Å². The number of fused-ring (bicyclic) bond motifs is 1. The first-order valence-electron chi connectivity index (χ1n) is 10.3. The Kier molecular flexibility index (Phi) is 5.55. The summed E-state index contributed by atoms with van der Waals surface area (Å²) in [6, 6.07) is 5.50. The largest absolute Gasteiger partial charge is 0.477 e. The molecule has 33 heavy (non-hydrogen) atoms. The van der Waals surface area contributed by atoms with Crippen LogP contribution in [0.25, 0.3) is 16.2 Å². The van der Waals surface area contributed by atoms with Crippen LogP contribution in [-0.4, -0.2) is 48.1 Å². The van der Waals surface area contributed by atoms with Crippen LogP contribution in [0.4, 0.5) is 5.82 Å². The summed E-state index contributed by atoms with van der Waals surface area (Å²) in [6.07, 6.45) is 6.24. The number of carboxylic acids is 1. The van der Waals surface area contributed by atoms with Crippen molar-refractivity contribution in [3.8, 4) is 5.13 Å². The van der Waals surface area contributed by atoms with E-state index >= 15 is 0 Å². The van der Waals surface area contributed by atoms with Gasteiger partial charge in [0.15, 0.2) is 5.65 Å². The van der Waals surface area contributed by atoms with Crippen molar-refractivity contribution in [2.24, 2.45) is 5.92 Å². The number of nitrogens with zero attached hydrogens (tertiary/aromatic N) is 6. The van der Waals surface area contributed by atoms with Crippen LogP contribution in [0, 0.1) is 12.8 Å². The summed E-state index contributed by atoms with van der Waals surface area (Å²) in [5, 5.41) is 10.9. The highest BCUT2D eigenvalue weighted by molar-refractivity contribution is 7.08. The zero-order chi connectivity index (χ0) is 23.1. The van der Waals surface area contributed by atoms with Gasteiger partial charge in [0.25, 0.3) is 0 Å². The van der Waals surface area contributed by atoms with Crippen molar-refractivity contribution in [1.29, 1.82) is 0 Å². The Morgan fingerprint density at radius 2 is 2.12 bits per heavy atom. The molecule has 0 atom stereocenters. The molecule has 0 spiro atoms. The van der Waals surface area contributed by atoms with E-state index in [9.17, 15) is 14.7 Å². The fraction of sp³-hybridized carbons (Fsp3) is 0.273. The standard InChI is InChI=1S/C22H19ClN6O3S/c1-12-6-17(28-8-13(9-28)2-3-15-7-14(23)4-5-24-15)27-20-18(12)19(30)16(21(31)32)10-29(20)22-25-11-26-33-22/h4-7,10-11,13H,2-3,8-9H2,1H3,(H,31,32). The van der Waals surface area contributed by atoms with Gasteiger partial charge >= 0.3 is 5.97 Å². The van der Waals surface area contributed by atoms with Crippen LogP contribution < -0.4 is 10.3 Å². The van der Waals surface area contributed by atoms with Crippen LogP contribution in [0.2, 0.25) is 5.02 Å². The molecule has 5 rings (SSSR count). The first kappa shape index (κ1) is 21.5. The van der Waals surface area contributed by atoms with E-state index in [1.807, 2.05) is 12.1 Å². The van der Waals surface area contributed by atoms with Crippen molar-refractivity contribution in [1.82, 2.24) is 23.9 Å². The lowest BCUT2D eigenvalue weighted by atomic mass is 9.93. The number of aryl methyl sites for hydroxylation is 2. The van der Waals surface area contributed by atoms with Gasteiger partial charge in [-0.15, -0.1) is 0 Å². The zero-order valence-corrected chi connectivity index (χ0v) is 19.2. The number of aromatic nitrogens is 5. The van der Waals surface area contributed by atoms with Gasteiger partial charge in [-0.05, 0) is 49.4 Å². The highest BCUT2D eigenvalue weighted by Gasteiger charge is 2.29. The lowest BCUT2D eigenvalue weighted by Crippen LogP contribution is -2.47. The normalized spacial score (nSPS) is 13.9. The lowest BCUT2D eigenvalue weighted by molar-refractivity contribution is 0.0695. The fourth-order valence-electron chi connectivity index (χ4n) is 4.09. The number of halogens is 1. The van der Waals surface area contributed by atoms with E-state index in [1.54, 1.807) is 19.2 Å². The fourth-order valence-corrected chi connectivity index (χ4v) is 4.78. The summed E-state index contributed by atoms with van der Waals surface area (Å²) >= 11 is 7.14. The topological polar surface area (TPSA) is 114 Å². The zero-order valence-electron chi connectivity index (χ0n) is 17.6. The van der Waals surface area contributed by atoms with E-state index in [1.165, 1.54) is 17.1 Å². The van der Waals surface area contributed by atoms with Gasteiger partial charge in [0.05, 0.1) is 5.39 Å². The van der Waals surface area contributed by atoms with Gasteiger partial charge < -0.3 is 10.0 Å². The molecule has 0 unspecified atom stereocenters. The van der Waals surface area contributed by atoms with Gasteiger partial charge in [0.2, 0.25) is 10.6 Å². The SMILES string of the molecule is Cc1cc(N2CC(CCc3cc(Cl)ccn3)C2)nc2c1c(=O)c(C(=O)O)cn2-c1ncns1. The lowest BCUT2D eigenvalue weighted by Gasteiger charge is -2.40. The third kappa shape index (κ3) is 4.07. The first-order valence-corrected chi connectivity index (χ1v) is 11.5. The molecule has 1 N–H and O–H groups in total. The molecule has 4 aromatic rings. The molecule has 168 valence electrons. The molecule has 0 amide bonds. The first-order chi connectivity index (χ1) is 15.9. The predicted molar refractivity (Wildman–Crippen MR) is 126 cm³/mol. The van der Waals surface area contributed by atoms with Crippen molar-refractivity contribution < 1.29 is 9.90 Å². The third-order valence-electron chi connectivity index (χ3n) is 5.80. The molecule has 9 nitrogen and oxygen atoms in total. The van der Waals surface area contributed by atoms with Crippen LogP contribution in [0.5, 0.6) is 0 Å². The van der Waals surface area contributed by atoms with Crippen molar-refractivity contribution >= 4 is 46.0 Å². The summed E-state index contributed by atoms with van der Waals surface area (Å²) in [6.45, 7) is 3.48. The molecule has 1 aliphatic rings. The second-order valence-corrected chi connectivity index (χ2v) is 9.24. The molecule has 0 saturated carbocycles. The van der Waals surface area contributed by atoms with E-state index in [0.29, 0.717) is 27.3 Å². The van der Waals surface area contributed by atoms with E-state index in [4.69, 9.17) is 16.6 Å². The average molecular weight is 483 g/mol. The third-order valence-corrected chi connectivity index (χ3v) is 6.70. The minimum absolute atomic E-state index is 0.276. The molecule has 0 aliphatic carbocycles. The number of pyridine rings is 3. The second-order valence-electron chi connectivity index (χ2n) is 8.04. The van der Waals surface area contributed by atoms with E-state index in [2.05, 4.69) is 19.2 Å². The Balaban J connectivity index is 1.44. The second kappa shape index (κ2) is 8.53. The molecular formula is C22H19ClN6O3S. The van der Waals surface area contributed by atoms with Crippen LogP contribution in [0.3, 0.4) is 0 Å². The quantitative estimate of drug-likeness (QED) is 0.445. The minimum atomic E-state index is -1.29. The number of rotatable bonds is 6. The molecule has 1 fully saturated rings. The van der Waals surface area contributed by atoms with E-state index < -0.39 is 11.4 Å². The average Bonchev–Trinajstić information content (AvgIpc) is 3.27. The molecule has 0 bridgehead atoms.